The van der Waals surface area contributed by atoms with Crippen molar-refractivity contribution in [3.8, 4) is 0 Å². The van der Waals surface area contributed by atoms with Gasteiger partial charge < -0.3 is 15.3 Å². The summed E-state index contributed by atoms with van der Waals surface area (Å²) in [6, 6.07) is 0. The van der Waals surface area contributed by atoms with E-state index in [0.29, 0.717) is 25.0 Å². The van der Waals surface area contributed by atoms with Crippen molar-refractivity contribution < 1.29 is 24.9 Å². The molecule has 0 aromatic carbocycles. The molecule has 1 saturated carbocycles. The summed E-state index contributed by atoms with van der Waals surface area (Å²) in [5.74, 6) is 0.644. The molecule has 0 radical (unpaired) electrons. The van der Waals surface area contributed by atoms with Gasteiger partial charge in [-0.3, -0.25) is 9.59 Å². The number of hydrogen-bond acceptors (Lipinski definition) is 5. The predicted molar refractivity (Wildman–Crippen MR) is 116 cm³/mol. The Kier molecular flexibility index (Phi) is 12.6. The Bertz CT molecular complexity index is 509. The van der Waals surface area contributed by atoms with Crippen LogP contribution in [0.2, 0.25) is 0 Å². The fourth-order valence-electron chi connectivity index (χ4n) is 4.20. The van der Waals surface area contributed by atoms with Gasteiger partial charge in [-0.15, -0.1) is 0 Å². The third-order valence-electron chi connectivity index (χ3n) is 6.08. The molecule has 4 atom stereocenters. The second kappa shape index (κ2) is 14.1. The van der Waals surface area contributed by atoms with Crippen LogP contribution in [0.25, 0.3) is 0 Å². The molecule has 1 fully saturated rings. The topological polar surface area (TPSA) is 94.8 Å². The molecule has 0 heterocycles. The maximum absolute atomic E-state index is 12.2. The Balaban J connectivity index is 2.30. The molecule has 5 nitrogen and oxygen atoms in total. The monoisotopic (exact) mass is 410 g/mol. The lowest BCUT2D eigenvalue weighted by molar-refractivity contribution is -0.122. The Morgan fingerprint density at radius 3 is 2.62 bits per heavy atom. The van der Waals surface area contributed by atoms with Crippen LogP contribution in [-0.4, -0.2) is 45.2 Å². The van der Waals surface area contributed by atoms with E-state index in [1.807, 2.05) is 13.0 Å². The number of rotatable bonds is 16. The molecule has 1 aliphatic rings. The molecule has 29 heavy (non-hydrogen) atoms. The minimum atomic E-state index is -0.737. The first-order valence-electron chi connectivity index (χ1n) is 11.5. The minimum Gasteiger partial charge on any atom is -0.393 e. The van der Waals surface area contributed by atoms with Crippen molar-refractivity contribution in [1.82, 2.24) is 0 Å². The molecule has 3 N–H and O–H groups in total. The number of unbranched alkanes of at least 4 members (excludes halogenated alkanes) is 4. The van der Waals surface area contributed by atoms with Crippen molar-refractivity contribution in [1.29, 1.82) is 0 Å². The Hall–Kier alpha value is -1.04. The van der Waals surface area contributed by atoms with Crippen LogP contribution in [0.1, 0.15) is 97.3 Å². The van der Waals surface area contributed by atoms with Gasteiger partial charge in [-0.25, -0.2) is 0 Å². The van der Waals surface area contributed by atoms with Crippen LogP contribution in [0.4, 0.5) is 0 Å². The molecule has 0 aliphatic heterocycles. The van der Waals surface area contributed by atoms with E-state index >= 15 is 0 Å². The summed E-state index contributed by atoms with van der Waals surface area (Å²) in [6.45, 7) is 3.29. The SMILES string of the molecule is CC(O)CCCCC(C)(O)CC=C[C@H]1CCC(=O)[C@@H]1CCCCCCC(=O)CO. The number of ketones is 2. The quantitative estimate of drug-likeness (QED) is 0.263. The molecular formula is C24H42O5. The first-order valence-corrected chi connectivity index (χ1v) is 11.5. The van der Waals surface area contributed by atoms with Crippen LogP contribution in [0.3, 0.4) is 0 Å². The van der Waals surface area contributed by atoms with Crippen molar-refractivity contribution >= 4 is 11.6 Å². The van der Waals surface area contributed by atoms with E-state index in [4.69, 9.17) is 5.11 Å². The fourth-order valence-corrected chi connectivity index (χ4v) is 4.20. The number of carbonyl (C=O) groups excluding carboxylic acids is 2. The summed E-state index contributed by atoms with van der Waals surface area (Å²) in [4.78, 5) is 23.3. The Labute approximate surface area is 176 Å². The average molecular weight is 411 g/mol. The van der Waals surface area contributed by atoms with Crippen molar-refractivity contribution in [2.45, 2.75) is 109 Å². The van der Waals surface area contributed by atoms with E-state index in [9.17, 15) is 19.8 Å². The van der Waals surface area contributed by atoms with Gasteiger partial charge in [-0.1, -0.05) is 44.3 Å². The van der Waals surface area contributed by atoms with Gasteiger partial charge in [0.25, 0.3) is 0 Å². The molecule has 0 amide bonds. The highest BCUT2D eigenvalue weighted by Crippen LogP contribution is 2.34. The normalized spacial score (nSPS) is 22.9. The van der Waals surface area contributed by atoms with Crippen molar-refractivity contribution in [2.75, 3.05) is 6.61 Å². The van der Waals surface area contributed by atoms with Gasteiger partial charge in [-0.2, -0.15) is 0 Å². The summed E-state index contributed by atoms with van der Waals surface area (Å²) in [6.07, 6.45) is 14.5. The maximum atomic E-state index is 12.2. The van der Waals surface area contributed by atoms with Crippen LogP contribution in [0, 0.1) is 11.8 Å². The van der Waals surface area contributed by atoms with E-state index < -0.39 is 5.60 Å². The largest absolute Gasteiger partial charge is 0.393 e. The molecule has 5 heteroatoms. The second-order valence-electron chi connectivity index (χ2n) is 9.15. The zero-order valence-electron chi connectivity index (χ0n) is 18.4. The lowest BCUT2D eigenvalue weighted by Crippen LogP contribution is -2.23. The molecule has 0 saturated heterocycles. The number of hydrogen-bond donors (Lipinski definition) is 3. The molecule has 0 aromatic rings. The van der Waals surface area contributed by atoms with Crippen LogP contribution in [-0.2, 0) is 9.59 Å². The molecule has 1 aliphatic carbocycles. The summed E-state index contributed by atoms with van der Waals surface area (Å²) < 4.78 is 0. The number of allylic oxidation sites excluding steroid dienone is 1. The van der Waals surface area contributed by atoms with E-state index in [1.165, 1.54) is 0 Å². The van der Waals surface area contributed by atoms with Gasteiger partial charge in [-0.05, 0) is 58.3 Å². The van der Waals surface area contributed by atoms with Crippen LogP contribution >= 0.6 is 0 Å². The van der Waals surface area contributed by atoms with E-state index in [2.05, 4.69) is 6.08 Å². The van der Waals surface area contributed by atoms with Crippen LogP contribution in [0.15, 0.2) is 12.2 Å². The molecule has 0 aromatic heterocycles. The van der Waals surface area contributed by atoms with Crippen molar-refractivity contribution in [3.63, 3.8) is 0 Å². The highest BCUT2D eigenvalue weighted by Gasteiger charge is 2.32. The number of carbonyl (C=O) groups is 2. The summed E-state index contributed by atoms with van der Waals surface area (Å²) in [7, 11) is 0. The summed E-state index contributed by atoms with van der Waals surface area (Å²) in [5.41, 5.74) is -0.737. The minimum absolute atomic E-state index is 0.0972. The third kappa shape index (κ3) is 11.7. The average Bonchev–Trinajstić information content (AvgIpc) is 3.01. The highest BCUT2D eigenvalue weighted by atomic mass is 16.3. The Morgan fingerprint density at radius 2 is 1.93 bits per heavy atom. The van der Waals surface area contributed by atoms with Gasteiger partial charge >= 0.3 is 0 Å². The molecule has 168 valence electrons. The lowest BCUT2D eigenvalue weighted by Gasteiger charge is -2.22. The smallest absolute Gasteiger partial charge is 0.158 e. The van der Waals surface area contributed by atoms with Crippen molar-refractivity contribution in [3.05, 3.63) is 12.2 Å². The predicted octanol–water partition coefficient (Wildman–Crippen LogP) is 4.12. The van der Waals surface area contributed by atoms with Gasteiger partial charge in [0, 0.05) is 18.8 Å². The van der Waals surface area contributed by atoms with Crippen LogP contribution in [0.5, 0.6) is 0 Å². The Morgan fingerprint density at radius 1 is 1.21 bits per heavy atom. The second-order valence-corrected chi connectivity index (χ2v) is 9.15. The molecular weight excluding hydrogens is 368 g/mol. The van der Waals surface area contributed by atoms with Gasteiger partial charge in [0.15, 0.2) is 5.78 Å². The molecule has 0 spiro atoms. The lowest BCUT2D eigenvalue weighted by atomic mass is 9.88. The van der Waals surface area contributed by atoms with Gasteiger partial charge in [0.1, 0.15) is 12.4 Å². The standard InChI is InChI=1S/C24H42O5/c1-19(26)10-7-8-16-24(2,29)17-9-11-20-14-15-23(28)22(20)13-6-4-3-5-12-21(27)18-25/h9,11,19-20,22,25-26,29H,3-8,10,12-18H2,1-2H3/t19?,20-,22+,24?/m0/s1. The maximum Gasteiger partial charge on any atom is 0.158 e. The molecule has 2 unspecified atom stereocenters. The fraction of sp³-hybridized carbons (Fsp3) is 0.833. The number of aliphatic hydroxyl groups excluding tert-OH is 2. The van der Waals surface area contributed by atoms with Crippen LogP contribution < -0.4 is 0 Å². The zero-order chi connectivity index (χ0) is 21.7. The van der Waals surface area contributed by atoms with Gasteiger partial charge in [0.2, 0.25) is 0 Å². The zero-order valence-corrected chi connectivity index (χ0v) is 18.4. The number of aliphatic hydroxyl groups is 3. The summed E-state index contributed by atoms with van der Waals surface area (Å²) in [5, 5.41) is 28.6. The molecule has 1 rings (SSSR count). The van der Waals surface area contributed by atoms with Crippen molar-refractivity contribution in [2.24, 2.45) is 11.8 Å². The van der Waals surface area contributed by atoms with E-state index in [0.717, 1.165) is 64.2 Å². The first kappa shape index (κ1) is 26.0. The first-order chi connectivity index (χ1) is 13.7. The summed E-state index contributed by atoms with van der Waals surface area (Å²) >= 11 is 0. The highest BCUT2D eigenvalue weighted by molar-refractivity contribution is 5.83. The van der Waals surface area contributed by atoms with E-state index in [1.54, 1.807) is 6.92 Å². The van der Waals surface area contributed by atoms with Gasteiger partial charge in [0.05, 0.1) is 11.7 Å². The molecule has 0 bridgehead atoms. The number of Topliss-reactive ketones (excluding diaryl/α,β-unsaturated/α-hetero) is 2. The third-order valence-corrected chi connectivity index (χ3v) is 6.08. The van der Waals surface area contributed by atoms with E-state index in [-0.39, 0.29) is 30.3 Å².